The highest BCUT2D eigenvalue weighted by Gasteiger charge is 2.21. The van der Waals surface area contributed by atoms with Crippen molar-refractivity contribution in [1.29, 1.82) is 0 Å². The Labute approximate surface area is 126 Å². The van der Waals surface area contributed by atoms with Crippen LogP contribution in [0, 0.1) is 0 Å². The first kappa shape index (κ1) is 14.5. The predicted molar refractivity (Wildman–Crippen MR) is 80.6 cm³/mol. The molecule has 104 valence electrons. The van der Waals surface area contributed by atoms with Crippen LogP contribution < -0.4 is 0 Å². The third kappa shape index (κ3) is 2.99. The first-order valence-corrected chi connectivity index (χ1v) is 6.96. The second-order valence-corrected chi connectivity index (χ2v) is 5.37. The highest BCUT2D eigenvalue weighted by Crippen LogP contribution is 2.24. The number of phenols is 1. The van der Waals surface area contributed by atoms with Crippen LogP contribution >= 0.6 is 15.9 Å². The molecule has 2 aromatic rings. The van der Waals surface area contributed by atoms with E-state index in [9.17, 15) is 9.90 Å². The average Bonchev–Trinajstić information content (AvgIpc) is 2.46. The summed E-state index contributed by atoms with van der Waals surface area (Å²) in [4.78, 5) is 18.2. The van der Waals surface area contributed by atoms with Gasteiger partial charge in [-0.1, -0.05) is 12.1 Å². The fourth-order valence-electron chi connectivity index (χ4n) is 1.86. The molecule has 1 N–H and O–H groups in total. The van der Waals surface area contributed by atoms with E-state index < -0.39 is 0 Å². The molecule has 0 bridgehead atoms. The van der Waals surface area contributed by atoms with Crippen molar-refractivity contribution in [1.82, 2.24) is 9.88 Å². The summed E-state index contributed by atoms with van der Waals surface area (Å²) in [5, 5.41) is 9.30. The summed E-state index contributed by atoms with van der Waals surface area (Å²) >= 11 is 3.34. The lowest BCUT2D eigenvalue weighted by Crippen LogP contribution is -2.30. The number of hydrogen-bond acceptors (Lipinski definition) is 3. The minimum absolute atomic E-state index is 0.114. The number of carbonyl (C=O) groups is 1. The van der Waals surface area contributed by atoms with E-state index in [-0.39, 0.29) is 17.7 Å². The summed E-state index contributed by atoms with van der Waals surface area (Å²) in [6.45, 7) is 1.93. The van der Waals surface area contributed by atoms with Gasteiger partial charge < -0.3 is 10.0 Å². The lowest BCUT2D eigenvalue weighted by Gasteiger charge is -2.25. The molecule has 1 heterocycles. The van der Waals surface area contributed by atoms with E-state index in [1.54, 1.807) is 54.5 Å². The molecule has 2 rings (SSSR count). The maximum absolute atomic E-state index is 12.4. The second-order valence-electron chi connectivity index (χ2n) is 4.52. The van der Waals surface area contributed by atoms with Crippen molar-refractivity contribution < 1.29 is 9.90 Å². The summed E-state index contributed by atoms with van der Waals surface area (Å²) in [6.07, 6.45) is 1.59. The number of aromatic hydroxyl groups is 1. The monoisotopic (exact) mass is 334 g/mol. The molecule has 5 heteroatoms. The third-order valence-corrected chi connectivity index (χ3v) is 3.88. The van der Waals surface area contributed by atoms with Gasteiger partial charge in [0, 0.05) is 17.7 Å². The number of aromatic nitrogens is 1. The summed E-state index contributed by atoms with van der Waals surface area (Å²) in [5.41, 5.74) is 1.34. The Morgan fingerprint density at radius 1 is 1.30 bits per heavy atom. The topological polar surface area (TPSA) is 53.4 Å². The molecule has 0 aliphatic rings. The molecule has 1 unspecified atom stereocenters. The molecule has 1 amide bonds. The number of nitrogens with zero attached hydrogens (tertiary/aromatic N) is 2. The van der Waals surface area contributed by atoms with Gasteiger partial charge in [0.25, 0.3) is 5.91 Å². The molecular formula is C15H15BrN2O2. The molecule has 4 nitrogen and oxygen atoms in total. The van der Waals surface area contributed by atoms with Crippen LogP contribution in [0.25, 0.3) is 0 Å². The van der Waals surface area contributed by atoms with E-state index in [2.05, 4.69) is 20.9 Å². The van der Waals surface area contributed by atoms with E-state index in [0.29, 0.717) is 10.2 Å². The van der Waals surface area contributed by atoms with Crippen LogP contribution in [-0.4, -0.2) is 27.9 Å². The number of halogens is 1. The summed E-state index contributed by atoms with van der Waals surface area (Å²) < 4.78 is 0.676. The molecule has 1 atom stereocenters. The number of phenolic OH excluding ortho intramolecular Hbond substituents is 1. The van der Waals surface area contributed by atoms with Crippen LogP contribution in [0.5, 0.6) is 5.75 Å². The number of carbonyl (C=O) groups excluding carboxylic acids is 1. The molecule has 0 aliphatic heterocycles. The van der Waals surface area contributed by atoms with Crippen LogP contribution in [0.3, 0.4) is 0 Å². The van der Waals surface area contributed by atoms with Gasteiger partial charge in [0.1, 0.15) is 11.4 Å². The van der Waals surface area contributed by atoms with Gasteiger partial charge in [-0.05, 0) is 52.7 Å². The minimum atomic E-state index is -0.155. The summed E-state index contributed by atoms with van der Waals surface area (Å²) in [5.74, 6) is 0.0560. The number of amides is 1. The summed E-state index contributed by atoms with van der Waals surface area (Å²) in [7, 11) is 1.74. The molecule has 0 spiro atoms. The Hall–Kier alpha value is -1.88. The van der Waals surface area contributed by atoms with Crippen LogP contribution in [-0.2, 0) is 0 Å². The fraction of sp³-hybridized carbons (Fsp3) is 0.200. The highest BCUT2D eigenvalue weighted by atomic mass is 79.9. The Bertz CT molecular complexity index is 614. The van der Waals surface area contributed by atoms with Gasteiger partial charge in [0.2, 0.25) is 0 Å². The zero-order chi connectivity index (χ0) is 14.7. The second kappa shape index (κ2) is 6.05. The first-order chi connectivity index (χ1) is 9.50. The number of rotatable bonds is 3. The van der Waals surface area contributed by atoms with Crippen molar-refractivity contribution in [2.45, 2.75) is 13.0 Å². The van der Waals surface area contributed by atoms with Crippen LogP contribution in [0.2, 0.25) is 0 Å². The lowest BCUT2D eigenvalue weighted by atomic mass is 10.1. The summed E-state index contributed by atoms with van der Waals surface area (Å²) in [6, 6.07) is 10.3. The van der Waals surface area contributed by atoms with Crippen molar-refractivity contribution in [2.75, 3.05) is 7.05 Å². The molecular weight excluding hydrogens is 320 g/mol. The van der Waals surface area contributed by atoms with Crippen molar-refractivity contribution in [3.05, 3.63) is 58.3 Å². The smallest absolute Gasteiger partial charge is 0.273 e. The van der Waals surface area contributed by atoms with E-state index >= 15 is 0 Å². The SMILES string of the molecule is CC(c1ccc(O)cc1)N(C)C(=O)c1ncccc1Br. The van der Waals surface area contributed by atoms with Gasteiger partial charge in [0.15, 0.2) is 0 Å². The highest BCUT2D eigenvalue weighted by molar-refractivity contribution is 9.10. The standard InChI is InChI=1S/C15H15BrN2O2/c1-10(11-5-7-12(19)8-6-11)18(2)15(20)14-13(16)4-3-9-17-14/h3-10,19H,1-2H3. The number of pyridine rings is 1. The first-order valence-electron chi connectivity index (χ1n) is 6.17. The Balaban J connectivity index is 2.22. The van der Waals surface area contributed by atoms with E-state index in [1.807, 2.05) is 6.92 Å². The largest absolute Gasteiger partial charge is 0.508 e. The average molecular weight is 335 g/mol. The van der Waals surface area contributed by atoms with Crippen molar-refractivity contribution in [3.8, 4) is 5.75 Å². The number of hydrogen-bond donors (Lipinski definition) is 1. The molecule has 20 heavy (non-hydrogen) atoms. The van der Waals surface area contributed by atoms with Crippen LogP contribution in [0.1, 0.15) is 29.0 Å². The lowest BCUT2D eigenvalue weighted by molar-refractivity contribution is 0.0735. The quantitative estimate of drug-likeness (QED) is 0.936. The van der Waals surface area contributed by atoms with E-state index in [1.165, 1.54) is 0 Å². The van der Waals surface area contributed by atoms with E-state index in [4.69, 9.17) is 0 Å². The van der Waals surface area contributed by atoms with Gasteiger partial charge in [0.05, 0.1) is 6.04 Å². The molecule has 1 aromatic carbocycles. The van der Waals surface area contributed by atoms with Gasteiger partial charge >= 0.3 is 0 Å². The third-order valence-electron chi connectivity index (χ3n) is 3.24. The Morgan fingerprint density at radius 3 is 2.55 bits per heavy atom. The number of benzene rings is 1. The van der Waals surface area contributed by atoms with Gasteiger partial charge in [-0.25, -0.2) is 4.98 Å². The molecule has 0 saturated carbocycles. The maximum atomic E-state index is 12.4. The molecule has 0 fully saturated rings. The zero-order valence-electron chi connectivity index (χ0n) is 11.2. The van der Waals surface area contributed by atoms with Gasteiger partial charge in [-0.3, -0.25) is 4.79 Å². The van der Waals surface area contributed by atoms with Gasteiger partial charge in [-0.2, -0.15) is 0 Å². The van der Waals surface area contributed by atoms with Gasteiger partial charge in [-0.15, -0.1) is 0 Å². The van der Waals surface area contributed by atoms with Crippen molar-refractivity contribution >= 4 is 21.8 Å². The zero-order valence-corrected chi connectivity index (χ0v) is 12.8. The molecule has 1 aromatic heterocycles. The Kier molecular flexibility index (Phi) is 4.39. The fourth-order valence-corrected chi connectivity index (χ4v) is 2.29. The molecule has 0 aliphatic carbocycles. The van der Waals surface area contributed by atoms with Crippen molar-refractivity contribution in [3.63, 3.8) is 0 Å². The normalized spacial score (nSPS) is 11.9. The Morgan fingerprint density at radius 2 is 1.95 bits per heavy atom. The van der Waals surface area contributed by atoms with E-state index in [0.717, 1.165) is 5.56 Å². The van der Waals surface area contributed by atoms with Crippen LogP contribution in [0.4, 0.5) is 0 Å². The van der Waals surface area contributed by atoms with Crippen LogP contribution in [0.15, 0.2) is 47.1 Å². The molecule has 0 saturated heterocycles. The van der Waals surface area contributed by atoms with Crippen molar-refractivity contribution in [2.24, 2.45) is 0 Å². The predicted octanol–water partition coefficient (Wildman–Crippen LogP) is 3.38. The minimum Gasteiger partial charge on any atom is -0.508 e. The molecule has 0 radical (unpaired) electrons. The maximum Gasteiger partial charge on any atom is 0.273 e.